The lowest BCUT2D eigenvalue weighted by Gasteiger charge is -2.36. The Labute approximate surface area is 155 Å². The number of piperidine rings is 1. The van der Waals surface area contributed by atoms with E-state index < -0.39 is 0 Å². The lowest BCUT2D eigenvalue weighted by Crippen LogP contribution is -2.44. The van der Waals surface area contributed by atoms with Gasteiger partial charge < -0.3 is 9.42 Å². The maximum absolute atomic E-state index is 13.2. The Kier molecular flexibility index (Phi) is 5.71. The minimum absolute atomic E-state index is 0.189. The second-order valence-corrected chi connectivity index (χ2v) is 7.48. The number of nitrogens with zero attached hydrogens (tertiary/aromatic N) is 4. The topological polar surface area (TPSA) is 62.5 Å². The Morgan fingerprint density at radius 3 is 2.62 bits per heavy atom. The van der Waals surface area contributed by atoms with Crippen molar-refractivity contribution in [3.8, 4) is 0 Å². The van der Waals surface area contributed by atoms with E-state index in [1.807, 2.05) is 43.0 Å². The summed E-state index contributed by atoms with van der Waals surface area (Å²) in [6, 6.07) is 8.00. The molecule has 0 spiro atoms. The van der Waals surface area contributed by atoms with Gasteiger partial charge in [0, 0.05) is 26.4 Å². The first kappa shape index (κ1) is 18.6. The van der Waals surface area contributed by atoms with Crippen LogP contribution in [0.2, 0.25) is 0 Å². The average Bonchev–Trinajstić information content (AvgIpc) is 3.00. The van der Waals surface area contributed by atoms with Crippen LogP contribution in [0.4, 0.5) is 0 Å². The molecule has 1 amide bonds. The zero-order chi connectivity index (χ0) is 18.7. The minimum atomic E-state index is -0.230. The summed E-state index contributed by atoms with van der Waals surface area (Å²) in [6.07, 6.45) is 2.79. The van der Waals surface area contributed by atoms with Gasteiger partial charge in [-0.1, -0.05) is 35.0 Å². The number of amides is 1. The second-order valence-electron chi connectivity index (χ2n) is 7.48. The van der Waals surface area contributed by atoms with Gasteiger partial charge in [0.1, 0.15) is 6.04 Å². The number of rotatable bonds is 5. The van der Waals surface area contributed by atoms with Crippen LogP contribution in [0, 0.1) is 19.8 Å². The molecule has 0 bridgehead atoms. The maximum atomic E-state index is 13.2. The fourth-order valence-corrected chi connectivity index (χ4v) is 3.71. The van der Waals surface area contributed by atoms with Crippen molar-refractivity contribution in [1.82, 2.24) is 19.9 Å². The van der Waals surface area contributed by atoms with E-state index in [-0.39, 0.29) is 11.9 Å². The van der Waals surface area contributed by atoms with Crippen molar-refractivity contribution in [1.29, 1.82) is 0 Å². The molecule has 3 rings (SSSR count). The van der Waals surface area contributed by atoms with Crippen LogP contribution >= 0.6 is 0 Å². The molecule has 1 unspecified atom stereocenters. The molecule has 0 aliphatic carbocycles. The second kappa shape index (κ2) is 7.99. The van der Waals surface area contributed by atoms with E-state index in [9.17, 15) is 4.79 Å². The predicted molar refractivity (Wildman–Crippen MR) is 99.7 cm³/mol. The Morgan fingerprint density at radius 1 is 1.31 bits per heavy atom. The quantitative estimate of drug-likeness (QED) is 0.824. The number of hydrogen-bond donors (Lipinski definition) is 0. The molecule has 140 valence electrons. The minimum Gasteiger partial charge on any atom is -0.341 e. The maximum Gasteiger partial charge on any atom is 0.244 e. The van der Waals surface area contributed by atoms with Crippen molar-refractivity contribution in [3.05, 3.63) is 47.1 Å². The van der Waals surface area contributed by atoms with Gasteiger partial charge in [-0.3, -0.25) is 9.69 Å². The van der Waals surface area contributed by atoms with Crippen molar-refractivity contribution >= 4 is 5.91 Å². The third-order valence-corrected chi connectivity index (χ3v) is 5.08. The van der Waals surface area contributed by atoms with Crippen LogP contribution in [0.5, 0.6) is 0 Å². The molecule has 0 radical (unpaired) electrons. The van der Waals surface area contributed by atoms with Crippen molar-refractivity contribution in [2.24, 2.45) is 5.92 Å². The molecular weight excluding hydrogens is 328 g/mol. The highest BCUT2D eigenvalue weighted by molar-refractivity contribution is 5.83. The standard InChI is InChI=1S/C20H28N4O2/c1-14-6-5-7-17(12-14)19(23(3)4)20(25)24-10-8-16(9-11-24)13-18-21-15(2)26-22-18/h5-7,12,16,19H,8-11,13H2,1-4H3. The number of likely N-dealkylation sites (tertiary alicyclic amines) is 1. The fraction of sp³-hybridized carbons (Fsp3) is 0.550. The van der Waals surface area contributed by atoms with E-state index in [0.717, 1.165) is 43.7 Å². The molecule has 6 nitrogen and oxygen atoms in total. The number of aromatic nitrogens is 2. The van der Waals surface area contributed by atoms with Crippen LogP contribution in [0.15, 0.2) is 28.8 Å². The number of likely N-dealkylation sites (N-methyl/N-ethyl adjacent to an activating group) is 1. The number of carbonyl (C=O) groups excluding carboxylic acids is 1. The molecule has 1 saturated heterocycles. The first-order chi connectivity index (χ1) is 12.4. The molecule has 1 aromatic heterocycles. The zero-order valence-corrected chi connectivity index (χ0v) is 16.1. The molecule has 2 heterocycles. The lowest BCUT2D eigenvalue weighted by atomic mass is 9.92. The molecule has 0 N–H and O–H groups in total. The summed E-state index contributed by atoms with van der Waals surface area (Å²) in [5, 5.41) is 3.99. The van der Waals surface area contributed by atoms with Crippen molar-refractivity contribution in [3.63, 3.8) is 0 Å². The van der Waals surface area contributed by atoms with Gasteiger partial charge in [0.15, 0.2) is 5.82 Å². The summed E-state index contributed by atoms with van der Waals surface area (Å²) >= 11 is 0. The fourth-order valence-electron chi connectivity index (χ4n) is 3.71. The molecule has 1 aliphatic heterocycles. The highest BCUT2D eigenvalue weighted by atomic mass is 16.5. The number of carbonyl (C=O) groups is 1. The molecule has 1 aliphatic rings. The van der Waals surface area contributed by atoms with E-state index in [1.165, 1.54) is 5.56 Å². The lowest BCUT2D eigenvalue weighted by molar-refractivity contribution is -0.137. The van der Waals surface area contributed by atoms with Crippen LogP contribution < -0.4 is 0 Å². The Bertz CT molecular complexity index is 748. The molecule has 1 fully saturated rings. The highest BCUT2D eigenvalue weighted by Gasteiger charge is 2.31. The summed E-state index contributed by atoms with van der Waals surface area (Å²) in [4.78, 5) is 21.5. The van der Waals surface area contributed by atoms with Crippen LogP contribution in [-0.4, -0.2) is 53.0 Å². The van der Waals surface area contributed by atoms with Gasteiger partial charge >= 0.3 is 0 Å². The van der Waals surface area contributed by atoms with Crippen LogP contribution in [-0.2, 0) is 11.2 Å². The molecule has 1 aromatic carbocycles. The van der Waals surface area contributed by atoms with E-state index in [2.05, 4.69) is 29.2 Å². The summed E-state index contributed by atoms with van der Waals surface area (Å²) in [5.74, 6) is 2.08. The van der Waals surface area contributed by atoms with Gasteiger partial charge in [-0.2, -0.15) is 4.98 Å². The number of aryl methyl sites for hydroxylation is 2. The number of benzene rings is 1. The van der Waals surface area contributed by atoms with E-state index >= 15 is 0 Å². The van der Waals surface area contributed by atoms with Crippen molar-refractivity contribution in [2.75, 3.05) is 27.2 Å². The third kappa shape index (κ3) is 4.30. The molecular formula is C20H28N4O2. The first-order valence-electron chi connectivity index (χ1n) is 9.25. The average molecular weight is 356 g/mol. The largest absolute Gasteiger partial charge is 0.341 e. The van der Waals surface area contributed by atoms with Crippen LogP contribution in [0.3, 0.4) is 0 Å². The van der Waals surface area contributed by atoms with E-state index in [1.54, 1.807) is 0 Å². The van der Waals surface area contributed by atoms with Crippen LogP contribution in [0.1, 0.15) is 41.7 Å². The van der Waals surface area contributed by atoms with Gasteiger partial charge in [-0.15, -0.1) is 0 Å². The van der Waals surface area contributed by atoms with Gasteiger partial charge in [-0.05, 0) is 45.3 Å². The normalized spacial score (nSPS) is 16.9. The molecule has 26 heavy (non-hydrogen) atoms. The highest BCUT2D eigenvalue weighted by Crippen LogP contribution is 2.26. The first-order valence-corrected chi connectivity index (χ1v) is 9.25. The summed E-state index contributed by atoms with van der Waals surface area (Å²) in [7, 11) is 3.94. The summed E-state index contributed by atoms with van der Waals surface area (Å²) < 4.78 is 5.05. The van der Waals surface area contributed by atoms with E-state index in [4.69, 9.17) is 4.52 Å². The SMILES string of the molecule is Cc1cccc(C(C(=O)N2CCC(Cc3noc(C)n3)CC2)N(C)C)c1. The molecule has 1 atom stereocenters. The predicted octanol–water partition coefficient (Wildman–Crippen LogP) is 2.77. The summed E-state index contributed by atoms with van der Waals surface area (Å²) in [5.41, 5.74) is 2.24. The molecule has 2 aromatic rings. The summed E-state index contributed by atoms with van der Waals surface area (Å²) in [6.45, 7) is 5.45. The molecule has 0 saturated carbocycles. The number of hydrogen-bond acceptors (Lipinski definition) is 5. The zero-order valence-electron chi connectivity index (χ0n) is 16.1. The molecule has 6 heteroatoms. The Hall–Kier alpha value is -2.21. The smallest absolute Gasteiger partial charge is 0.244 e. The van der Waals surface area contributed by atoms with Gasteiger partial charge in [0.2, 0.25) is 11.8 Å². The van der Waals surface area contributed by atoms with Gasteiger partial charge in [0.05, 0.1) is 0 Å². The van der Waals surface area contributed by atoms with Gasteiger partial charge in [0.25, 0.3) is 0 Å². The van der Waals surface area contributed by atoms with Crippen molar-refractivity contribution in [2.45, 2.75) is 39.2 Å². The third-order valence-electron chi connectivity index (χ3n) is 5.08. The Balaban J connectivity index is 1.62. The van der Waals surface area contributed by atoms with Crippen LogP contribution in [0.25, 0.3) is 0 Å². The monoisotopic (exact) mass is 356 g/mol. The van der Waals surface area contributed by atoms with E-state index in [0.29, 0.717) is 11.8 Å². The van der Waals surface area contributed by atoms with Gasteiger partial charge in [-0.25, -0.2) is 0 Å². The Morgan fingerprint density at radius 2 is 2.04 bits per heavy atom. The van der Waals surface area contributed by atoms with Crippen molar-refractivity contribution < 1.29 is 9.32 Å².